The molecule has 1 spiro atoms. The maximum Gasteiger partial charge on any atom is 0.314 e. The van der Waals surface area contributed by atoms with Crippen LogP contribution in [0.4, 0.5) is 4.79 Å². The zero-order chi connectivity index (χ0) is 18.9. The van der Waals surface area contributed by atoms with Crippen LogP contribution in [-0.2, 0) is 6.54 Å². The molecular formula is C21H26N4O2. The Labute approximate surface area is 159 Å². The van der Waals surface area contributed by atoms with Gasteiger partial charge in [0.2, 0.25) is 0 Å². The number of benzene rings is 1. The Hall–Kier alpha value is -2.63. The monoisotopic (exact) mass is 366 g/mol. The van der Waals surface area contributed by atoms with E-state index in [2.05, 4.69) is 4.98 Å². The highest BCUT2D eigenvalue weighted by molar-refractivity contribution is 5.72. The first-order valence-electron chi connectivity index (χ1n) is 9.74. The maximum atomic E-state index is 12.7. The molecule has 6 heteroatoms. The van der Waals surface area contributed by atoms with Crippen molar-refractivity contribution in [3.05, 3.63) is 53.1 Å². The zero-order valence-electron chi connectivity index (χ0n) is 15.5. The molecule has 0 radical (unpaired) electrons. The number of carbonyl (C=O) groups excluding carboxylic acids is 1. The molecule has 142 valence electrons. The summed E-state index contributed by atoms with van der Waals surface area (Å²) >= 11 is 0. The molecule has 2 aliphatic rings. The molecule has 4 rings (SSSR count). The molecule has 2 amide bonds. The van der Waals surface area contributed by atoms with Gasteiger partial charge in [-0.15, -0.1) is 0 Å². The summed E-state index contributed by atoms with van der Waals surface area (Å²) in [7, 11) is 0. The largest absolute Gasteiger partial charge is 0.351 e. The normalized spacial score (nSPS) is 21.5. The van der Waals surface area contributed by atoms with Gasteiger partial charge in [-0.3, -0.25) is 9.36 Å². The lowest BCUT2D eigenvalue weighted by Crippen LogP contribution is -2.52. The van der Waals surface area contributed by atoms with E-state index in [1.54, 1.807) is 21.9 Å². The van der Waals surface area contributed by atoms with E-state index in [0.29, 0.717) is 24.7 Å². The molecule has 1 saturated carbocycles. The fraction of sp³-hybridized carbons (Fsp3) is 0.476. The molecule has 1 aliphatic heterocycles. The fourth-order valence-electron chi connectivity index (χ4n) is 4.89. The Bertz CT molecular complexity index is 871. The van der Waals surface area contributed by atoms with Crippen molar-refractivity contribution in [2.24, 2.45) is 17.1 Å². The third kappa shape index (κ3) is 3.48. The first kappa shape index (κ1) is 17.8. The second-order valence-electron chi connectivity index (χ2n) is 7.95. The van der Waals surface area contributed by atoms with Crippen molar-refractivity contribution in [1.29, 1.82) is 0 Å². The lowest BCUT2D eigenvalue weighted by Gasteiger charge is -2.46. The molecule has 27 heavy (non-hydrogen) atoms. The number of nitrogens with zero attached hydrogens (tertiary/aromatic N) is 3. The van der Waals surface area contributed by atoms with E-state index in [4.69, 9.17) is 5.73 Å². The smallest absolute Gasteiger partial charge is 0.314 e. The van der Waals surface area contributed by atoms with Crippen molar-refractivity contribution in [3.8, 4) is 11.3 Å². The second kappa shape index (κ2) is 7.18. The van der Waals surface area contributed by atoms with Crippen molar-refractivity contribution in [2.45, 2.75) is 38.6 Å². The number of urea groups is 1. The Kier molecular flexibility index (Phi) is 4.72. The van der Waals surface area contributed by atoms with E-state index >= 15 is 0 Å². The average molecular weight is 366 g/mol. The molecule has 2 heterocycles. The summed E-state index contributed by atoms with van der Waals surface area (Å²) in [6.07, 6.45) is 7.13. The summed E-state index contributed by atoms with van der Waals surface area (Å²) in [6.45, 7) is 2.05. The van der Waals surface area contributed by atoms with Crippen LogP contribution in [0.5, 0.6) is 0 Å². The number of hydrogen-bond acceptors (Lipinski definition) is 3. The van der Waals surface area contributed by atoms with Gasteiger partial charge in [0, 0.05) is 31.3 Å². The number of amides is 2. The summed E-state index contributed by atoms with van der Waals surface area (Å²) in [5, 5.41) is 0. The highest BCUT2D eigenvalue weighted by Crippen LogP contribution is 2.49. The number of primary amides is 1. The van der Waals surface area contributed by atoms with Crippen molar-refractivity contribution >= 4 is 6.03 Å². The van der Waals surface area contributed by atoms with Crippen molar-refractivity contribution in [3.63, 3.8) is 0 Å². The second-order valence-corrected chi connectivity index (χ2v) is 7.95. The van der Waals surface area contributed by atoms with Gasteiger partial charge in [-0.25, -0.2) is 9.78 Å². The number of likely N-dealkylation sites (tertiary alicyclic amines) is 1. The van der Waals surface area contributed by atoms with Crippen LogP contribution in [0.25, 0.3) is 11.3 Å². The summed E-state index contributed by atoms with van der Waals surface area (Å²) in [4.78, 5) is 30.7. The maximum absolute atomic E-state index is 12.7. The van der Waals surface area contributed by atoms with Gasteiger partial charge < -0.3 is 10.6 Å². The molecule has 6 nitrogen and oxygen atoms in total. The molecule has 1 unspecified atom stereocenters. The predicted octanol–water partition coefficient (Wildman–Crippen LogP) is 2.87. The summed E-state index contributed by atoms with van der Waals surface area (Å²) in [5.41, 5.74) is 7.26. The SMILES string of the molecule is NC(=O)N1CCC(Cn2cnc(-c3ccccc3)cc2=O)C2(CCCC2)C1. The third-order valence-electron chi connectivity index (χ3n) is 6.40. The van der Waals surface area contributed by atoms with Gasteiger partial charge in [0.1, 0.15) is 0 Å². The number of piperidine rings is 1. The van der Waals surface area contributed by atoms with Crippen LogP contribution in [0.15, 0.2) is 47.5 Å². The van der Waals surface area contributed by atoms with E-state index in [0.717, 1.165) is 31.4 Å². The zero-order valence-corrected chi connectivity index (χ0v) is 15.5. The lowest BCUT2D eigenvalue weighted by molar-refractivity contribution is 0.0411. The number of carbonyl (C=O) groups is 1. The van der Waals surface area contributed by atoms with Crippen molar-refractivity contribution < 1.29 is 4.79 Å². The fourth-order valence-corrected chi connectivity index (χ4v) is 4.89. The Morgan fingerprint density at radius 1 is 1.22 bits per heavy atom. The van der Waals surface area contributed by atoms with E-state index in [1.807, 2.05) is 30.3 Å². The molecule has 0 bridgehead atoms. The third-order valence-corrected chi connectivity index (χ3v) is 6.40. The van der Waals surface area contributed by atoms with Gasteiger partial charge in [0.25, 0.3) is 5.56 Å². The summed E-state index contributed by atoms with van der Waals surface area (Å²) < 4.78 is 1.73. The van der Waals surface area contributed by atoms with Gasteiger partial charge >= 0.3 is 6.03 Å². The van der Waals surface area contributed by atoms with Crippen LogP contribution in [0.3, 0.4) is 0 Å². The average Bonchev–Trinajstić information content (AvgIpc) is 3.14. The highest BCUT2D eigenvalue weighted by atomic mass is 16.2. The van der Waals surface area contributed by atoms with Gasteiger partial charge in [0.15, 0.2) is 0 Å². The molecule has 1 aromatic heterocycles. The molecule has 1 atom stereocenters. The van der Waals surface area contributed by atoms with Crippen molar-refractivity contribution in [2.75, 3.05) is 13.1 Å². The Balaban J connectivity index is 1.56. The van der Waals surface area contributed by atoms with Crippen LogP contribution in [0.1, 0.15) is 32.1 Å². The summed E-state index contributed by atoms with van der Waals surface area (Å²) in [6, 6.07) is 11.0. The van der Waals surface area contributed by atoms with Crippen molar-refractivity contribution in [1.82, 2.24) is 14.5 Å². The van der Waals surface area contributed by atoms with Crippen LogP contribution in [0.2, 0.25) is 0 Å². The molecular weight excluding hydrogens is 340 g/mol. The van der Waals surface area contributed by atoms with Crippen LogP contribution >= 0.6 is 0 Å². The van der Waals surface area contributed by atoms with Gasteiger partial charge in [-0.1, -0.05) is 43.2 Å². The predicted molar refractivity (Wildman–Crippen MR) is 104 cm³/mol. The van der Waals surface area contributed by atoms with E-state index in [9.17, 15) is 9.59 Å². The van der Waals surface area contributed by atoms with E-state index < -0.39 is 0 Å². The molecule has 1 aliphatic carbocycles. The number of hydrogen-bond donors (Lipinski definition) is 1. The van der Waals surface area contributed by atoms with Crippen LogP contribution in [-0.4, -0.2) is 33.6 Å². The van der Waals surface area contributed by atoms with Gasteiger partial charge in [0.05, 0.1) is 12.0 Å². The number of nitrogens with two attached hydrogens (primary N) is 1. The topological polar surface area (TPSA) is 81.2 Å². The van der Waals surface area contributed by atoms with Gasteiger partial charge in [-0.05, 0) is 30.6 Å². The quantitative estimate of drug-likeness (QED) is 0.907. The molecule has 1 saturated heterocycles. The van der Waals surface area contributed by atoms with E-state index in [1.165, 1.54) is 12.8 Å². The first-order valence-corrected chi connectivity index (χ1v) is 9.74. The Morgan fingerprint density at radius 3 is 2.63 bits per heavy atom. The van der Waals surface area contributed by atoms with Crippen LogP contribution < -0.4 is 11.3 Å². The van der Waals surface area contributed by atoms with Crippen LogP contribution in [0, 0.1) is 11.3 Å². The molecule has 1 aromatic carbocycles. The van der Waals surface area contributed by atoms with Gasteiger partial charge in [-0.2, -0.15) is 0 Å². The minimum Gasteiger partial charge on any atom is -0.351 e. The molecule has 2 N–H and O–H groups in total. The number of rotatable bonds is 3. The first-order chi connectivity index (χ1) is 13.1. The molecule has 2 aromatic rings. The minimum absolute atomic E-state index is 0.0191. The highest BCUT2D eigenvalue weighted by Gasteiger charge is 2.45. The standard InChI is InChI=1S/C21H26N4O2/c22-20(27)24-11-8-17(21(14-24)9-4-5-10-21)13-25-15-23-18(12-19(25)26)16-6-2-1-3-7-16/h1-3,6-7,12,15,17H,4-5,8-11,13-14H2,(H2,22,27). The Morgan fingerprint density at radius 2 is 1.96 bits per heavy atom. The summed E-state index contributed by atoms with van der Waals surface area (Å²) in [5.74, 6) is 0.373. The molecule has 2 fully saturated rings. The number of aromatic nitrogens is 2. The lowest BCUT2D eigenvalue weighted by atomic mass is 9.69. The minimum atomic E-state index is -0.328. The van der Waals surface area contributed by atoms with E-state index in [-0.39, 0.29) is 17.0 Å².